The molecule has 0 aromatic carbocycles. The standard InChI is InChI=1S/C15H32NSi.ClH.Mg/c1-10-11(2)13(4)14(12(10)3)17(8,9)16-15(5,6)7;;/h10-14H,1-9H3;1H;/q-1;;+2/p-1. The fourth-order valence-electron chi connectivity index (χ4n) is 4.32. The van der Waals surface area contributed by atoms with Crippen LogP contribution in [0.25, 0.3) is 4.98 Å². The van der Waals surface area contributed by atoms with Crippen LogP contribution < -0.4 is 12.4 Å². The summed E-state index contributed by atoms with van der Waals surface area (Å²) < 4.78 is 0. The van der Waals surface area contributed by atoms with E-state index < -0.39 is 8.24 Å². The Morgan fingerprint density at radius 3 is 1.37 bits per heavy atom. The van der Waals surface area contributed by atoms with Gasteiger partial charge in [-0.05, 0) is 23.7 Å². The third-order valence-electron chi connectivity index (χ3n) is 5.06. The average molecular weight is 314 g/mol. The maximum atomic E-state index is 5.23. The van der Waals surface area contributed by atoms with Crippen LogP contribution in [0.4, 0.5) is 0 Å². The van der Waals surface area contributed by atoms with Crippen molar-refractivity contribution in [1.82, 2.24) is 0 Å². The molecule has 0 aromatic heterocycles. The van der Waals surface area contributed by atoms with E-state index in [2.05, 4.69) is 61.6 Å². The van der Waals surface area contributed by atoms with Gasteiger partial charge >= 0.3 is 23.1 Å². The van der Waals surface area contributed by atoms with Crippen LogP contribution in [-0.2, 0) is 0 Å². The van der Waals surface area contributed by atoms with Crippen molar-refractivity contribution in [1.29, 1.82) is 0 Å². The van der Waals surface area contributed by atoms with Gasteiger partial charge in [0.1, 0.15) is 0 Å². The van der Waals surface area contributed by atoms with Gasteiger partial charge in [0.05, 0.1) is 0 Å². The third kappa shape index (κ3) is 5.17. The van der Waals surface area contributed by atoms with E-state index in [1.807, 2.05) is 0 Å². The van der Waals surface area contributed by atoms with Crippen LogP contribution in [0.15, 0.2) is 0 Å². The van der Waals surface area contributed by atoms with Gasteiger partial charge in [-0.2, -0.15) is 0 Å². The van der Waals surface area contributed by atoms with Gasteiger partial charge in [0.2, 0.25) is 0 Å². The predicted octanol–water partition coefficient (Wildman–Crippen LogP) is 1.92. The van der Waals surface area contributed by atoms with E-state index in [9.17, 15) is 0 Å². The van der Waals surface area contributed by atoms with E-state index in [1.165, 1.54) is 0 Å². The van der Waals surface area contributed by atoms with Crippen molar-refractivity contribution >= 4 is 31.3 Å². The second-order valence-corrected chi connectivity index (χ2v) is 12.1. The van der Waals surface area contributed by atoms with Crippen LogP contribution in [0.5, 0.6) is 0 Å². The van der Waals surface area contributed by atoms with E-state index in [-0.39, 0.29) is 41.0 Å². The van der Waals surface area contributed by atoms with Gasteiger partial charge in [0.15, 0.2) is 0 Å². The molecule has 0 amide bonds. The summed E-state index contributed by atoms with van der Waals surface area (Å²) >= 11 is 0. The Bertz CT molecular complexity index is 264. The number of nitrogens with zero attached hydrogens (tertiary/aromatic N) is 1. The van der Waals surface area contributed by atoms with Gasteiger partial charge in [0.25, 0.3) is 0 Å². The number of hydrogen-bond acceptors (Lipinski definition) is 0. The van der Waals surface area contributed by atoms with Crippen molar-refractivity contribution in [3.63, 3.8) is 0 Å². The summed E-state index contributed by atoms with van der Waals surface area (Å²) in [6, 6.07) is 0. The Kier molecular flexibility index (Phi) is 8.87. The van der Waals surface area contributed by atoms with E-state index in [0.29, 0.717) is 0 Å². The van der Waals surface area contributed by atoms with Gasteiger partial charge in [-0.15, -0.1) is 5.54 Å². The van der Waals surface area contributed by atoms with Crippen LogP contribution in [-0.4, -0.2) is 36.8 Å². The van der Waals surface area contributed by atoms with E-state index >= 15 is 0 Å². The summed E-state index contributed by atoms with van der Waals surface area (Å²) in [5.74, 6) is 3.40. The normalized spacial score (nSPS) is 35.5. The molecule has 0 bridgehead atoms. The molecule has 0 radical (unpaired) electrons. The SMILES string of the molecule is CC1C(C)C(C)C([Si](C)(C)[N-]C(C)(C)C)C1C.[Cl-].[Mg+2]. The molecule has 110 valence electrons. The monoisotopic (exact) mass is 313 g/mol. The summed E-state index contributed by atoms with van der Waals surface area (Å²) in [5, 5.41) is 0. The molecule has 0 heterocycles. The van der Waals surface area contributed by atoms with Crippen LogP contribution in [0, 0.1) is 23.7 Å². The minimum Gasteiger partial charge on any atom is -1.00 e. The van der Waals surface area contributed by atoms with E-state index in [1.54, 1.807) is 0 Å². The maximum Gasteiger partial charge on any atom is 2.00 e. The van der Waals surface area contributed by atoms with Crippen LogP contribution in [0.3, 0.4) is 0 Å². The van der Waals surface area contributed by atoms with E-state index in [0.717, 1.165) is 29.2 Å². The Morgan fingerprint density at radius 1 is 0.789 bits per heavy atom. The average Bonchev–Trinajstić information content (AvgIpc) is 2.27. The zero-order valence-corrected chi connectivity index (χ0v) is 17.6. The van der Waals surface area contributed by atoms with Crippen molar-refractivity contribution in [3.05, 3.63) is 4.98 Å². The van der Waals surface area contributed by atoms with Gasteiger partial charge in [0, 0.05) is 0 Å². The molecule has 4 atom stereocenters. The first-order chi connectivity index (χ1) is 7.47. The molecule has 0 saturated heterocycles. The zero-order chi connectivity index (χ0) is 13.6. The molecule has 1 nitrogen and oxygen atoms in total. The zero-order valence-electron chi connectivity index (χ0n) is 14.4. The summed E-state index contributed by atoms with van der Waals surface area (Å²) in [4.78, 5) is 5.23. The summed E-state index contributed by atoms with van der Waals surface area (Å²) in [6.45, 7) is 21.5. The second kappa shape index (κ2) is 7.48. The quantitative estimate of drug-likeness (QED) is 0.692. The maximum absolute atomic E-state index is 5.23. The number of rotatable bonds is 2. The molecule has 19 heavy (non-hydrogen) atoms. The first kappa shape index (κ1) is 22.5. The smallest absolute Gasteiger partial charge is 1.00 e. The largest absolute Gasteiger partial charge is 2.00 e. The van der Waals surface area contributed by atoms with Crippen LogP contribution in [0.1, 0.15) is 48.5 Å². The van der Waals surface area contributed by atoms with Crippen molar-refractivity contribution in [2.75, 3.05) is 0 Å². The van der Waals surface area contributed by atoms with Crippen molar-refractivity contribution in [3.8, 4) is 0 Å². The molecule has 1 saturated carbocycles. The van der Waals surface area contributed by atoms with Crippen molar-refractivity contribution in [2.45, 2.75) is 72.6 Å². The summed E-state index contributed by atoms with van der Waals surface area (Å²) in [6.07, 6.45) is 0. The number of halogens is 1. The summed E-state index contributed by atoms with van der Waals surface area (Å²) in [7, 11) is -1.49. The fourth-order valence-corrected chi connectivity index (χ4v) is 9.37. The topological polar surface area (TPSA) is 14.1 Å². The second-order valence-electron chi connectivity index (χ2n) is 7.90. The van der Waals surface area contributed by atoms with Gasteiger partial charge < -0.3 is 17.4 Å². The Hall–Kier alpha value is 1.23. The first-order valence-corrected chi connectivity index (χ1v) is 10.2. The molecule has 0 spiro atoms. The molecular weight excluding hydrogens is 282 g/mol. The fraction of sp³-hybridized carbons (Fsp3) is 1.00. The van der Waals surface area contributed by atoms with Gasteiger partial charge in [-0.25, -0.2) is 0 Å². The molecule has 4 heteroatoms. The van der Waals surface area contributed by atoms with Crippen LogP contribution >= 0.6 is 0 Å². The molecule has 1 aliphatic carbocycles. The molecule has 1 fully saturated rings. The Labute approximate surface area is 144 Å². The van der Waals surface area contributed by atoms with Crippen LogP contribution in [0.2, 0.25) is 18.6 Å². The Balaban J connectivity index is 0. The molecule has 0 aliphatic heterocycles. The minimum absolute atomic E-state index is 0. The number of hydrogen-bond donors (Lipinski definition) is 0. The Morgan fingerprint density at radius 2 is 1.11 bits per heavy atom. The van der Waals surface area contributed by atoms with Gasteiger partial charge in [-0.3, -0.25) is 0 Å². The predicted molar refractivity (Wildman–Crippen MR) is 86.8 cm³/mol. The first-order valence-electron chi connectivity index (χ1n) is 7.21. The molecule has 4 unspecified atom stereocenters. The molecule has 1 rings (SSSR count). The van der Waals surface area contributed by atoms with E-state index in [4.69, 9.17) is 4.98 Å². The molecule has 1 aliphatic rings. The summed E-state index contributed by atoms with van der Waals surface area (Å²) in [5.41, 5.74) is 0.983. The molecule has 0 N–H and O–H groups in total. The third-order valence-corrected chi connectivity index (χ3v) is 8.99. The molecular formula is C15H32ClMgNSi. The molecule has 0 aromatic rings. The van der Waals surface area contributed by atoms with Crippen molar-refractivity contribution in [2.24, 2.45) is 23.7 Å². The minimum atomic E-state index is -1.49. The van der Waals surface area contributed by atoms with Gasteiger partial charge in [-0.1, -0.05) is 75.3 Å². The van der Waals surface area contributed by atoms with Crippen molar-refractivity contribution < 1.29 is 12.4 Å².